The van der Waals surface area contributed by atoms with E-state index < -0.39 is 51.5 Å². The van der Waals surface area contributed by atoms with Crippen molar-refractivity contribution in [1.29, 1.82) is 0 Å². The van der Waals surface area contributed by atoms with Crippen LogP contribution in [-0.2, 0) is 50.8 Å². The molecular weight excluding hydrogens is 564 g/mol. The van der Waals surface area contributed by atoms with Crippen LogP contribution in [0.25, 0.3) is 0 Å². The molecule has 3 aromatic carbocycles. The van der Waals surface area contributed by atoms with Gasteiger partial charge in [0.25, 0.3) is 10.1 Å². The molecule has 0 radical (unpaired) electrons. The third-order valence-corrected chi connectivity index (χ3v) is 8.62. The number of ketones is 1. The number of ether oxygens (including phenoxy) is 2. The smallest absolute Gasteiger partial charge is 0.319 e. The summed E-state index contributed by atoms with van der Waals surface area (Å²) in [4.78, 5) is 24.8. The number of carbonyl (C=O) groups is 2. The molecular formula is C31H34O8S2. The Kier molecular flexibility index (Phi) is 11.7. The molecule has 0 aliphatic carbocycles. The Bertz CT molecular complexity index is 1460. The fraction of sp³-hybridized carbons (Fsp3) is 0.290. The molecule has 0 amide bonds. The summed E-state index contributed by atoms with van der Waals surface area (Å²) >= 11 is 0. The van der Waals surface area contributed by atoms with Crippen LogP contribution in [0.4, 0.5) is 0 Å². The summed E-state index contributed by atoms with van der Waals surface area (Å²) in [7, 11) is -5.83. The van der Waals surface area contributed by atoms with Crippen molar-refractivity contribution in [3.63, 3.8) is 0 Å². The van der Waals surface area contributed by atoms with E-state index in [9.17, 15) is 22.2 Å². The van der Waals surface area contributed by atoms with Gasteiger partial charge in [-0.2, -0.15) is 8.42 Å². The molecule has 0 aliphatic rings. The van der Waals surface area contributed by atoms with Crippen LogP contribution in [0.2, 0.25) is 0 Å². The van der Waals surface area contributed by atoms with E-state index in [0.29, 0.717) is 4.90 Å². The lowest BCUT2D eigenvalue weighted by molar-refractivity contribution is -0.158. The van der Waals surface area contributed by atoms with Gasteiger partial charge in [-0.15, -0.1) is 0 Å². The lowest BCUT2D eigenvalue weighted by atomic mass is 10.0. The van der Waals surface area contributed by atoms with E-state index in [1.54, 1.807) is 36.4 Å². The first-order valence-electron chi connectivity index (χ1n) is 12.9. The molecule has 0 aromatic heterocycles. The molecule has 10 heteroatoms. The molecule has 41 heavy (non-hydrogen) atoms. The first-order chi connectivity index (χ1) is 19.5. The first kappa shape index (κ1) is 32.1. The number of esters is 1. The van der Waals surface area contributed by atoms with Crippen LogP contribution < -0.4 is 0 Å². The number of aryl methyl sites for hydroxylation is 2. The largest absolute Gasteiger partial charge is 0.462 e. The van der Waals surface area contributed by atoms with E-state index >= 15 is 0 Å². The average molecular weight is 599 g/mol. The summed E-state index contributed by atoms with van der Waals surface area (Å²) in [5.41, 5.74) is 1.18. The molecule has 3 aromatic rings. The summed E-state index contributed by atoms with van der Waals surface area (Å²) < 4.78 is 55.9. The summed E-state index contributed by atoms with van der Waals surface area (Å²) in [6.07, 6.45) is 2.84. The van der Waals surface area contributed by atoms with Crippen molar-refractivity contribution < 1.29 is 35.9 Å². The highest BCUT2D eigenvalue weighted by molar-refractivity contribution is 7.86. The second-order valence-electron chi connectivity index (χ2n) is 9.67. The van der Waals surface area contributed by atoms with Crippen LogP contribution in [0.15, 0.2) is 101 Å². The molecule has 218 valence electrons. The highest BCUT2D eigenvalue weighted by Gasteiger charge is 2.35. The van der Waals surface area contributed by atoms with Crippen molar-refractivity contribution in [2.75, 3.05) is 19.0 Å². The first-order valence-corrected chi connectivity index (χ1v) is 15.6. The van der Waals surface area contributed by atoms with Crippen LogP contribution >= 0.6 is 0 Å². The van der Waals surface area contributed by atoms with Gasteiger partial charge in [-0.05, 0) is 56.7 Å². The monoisotopic (exact) mass is 598 g/mol. The lowest BCUT2D eigenvalue weighted by Crippen LogP contribution is -2.44. The topological polar surface area (TPSA) is 113 Å². The Balaban J connectivity index is 1.83. The Morgan fingerprint density at radius 3 is 2.10 bits per heavy atom. The van der Waals surface area contributed by atoms with E-state index in [1.807, 2.05) is 44.2 Å². The normalized spacial score (nSPS) is 13.9. The minimum Gasteiger partial charge on any atom is -0.462 e. The number of rotatable bonds is 15. The zero-order chi connectivity index (χ0) is 29.9. The molecule has 3 rings (SSSR count). The van der Waals surface area contributed by atoms with Gasteiger partial charge < -0.3 is 9.47 Å². The molecule has 0 heterocycles. The van der Waals surface area contributed by atoms with Crippen molar-refractivity contribution in [1.82, 2.24) is 0 Å². The molecule has 0 saturated carbocycles. The summed E-state index contributed by atoms with van der Waals surface area (Å²) in [5, 5.41) is 0. The zero-order valence-electron chi connectivity index (χ0n) is 23.3. The molecule has 8 nitrogen and oxygen atoms in total. The number of hydrogen-bond donors (Lipinski definition) is 0. The Morgan fingerprint density at radius 2 is 1.49 bits per heavy atom. The SMILES string of the molecule is CC(=O)/C=C/C[C@](COC(=O)C[S@@](=O)c1ccc(C)cc1)(COS(=O)(=O)c1ccc(C)cc1)OCc1ccccc1. The van der Waals surface area contributed by atoms with Gasteiger partial charge in [-0.1, -0.05) is 71.8 Å². The van der Waals surface area contributed by atoms with Gasteiger partial charge in [0.05, 0.1) is 28.9 Å². The molecule has 0 N–H and O–H groups in total. The van der Waals surface area contributed by atoms with E-state index in [4.69, 9.17) is 13.7 Å². The minimum atomic E-state index is -4.19. The average Bonchev–Trinajstić information content (AvgIpc) is 2.94. The van der Waals surface area contributed by atoms with Crippen LogP contribution in [0, 0.1) is 13.8 Å². The van der Waals surface area contributed by atoms with Gasteiger partial charge in [0.1, 0.15) is 18.0 Å². The Labute approximate surface area is 243 Å². The standard InChI is InChI=1S/C31H34O8S2/c1-24-11-15-28(16-12-24)40(34)21-30(33)37-22-31(19-7-8-26(3)32,38-20-27-9-5-4-6-10-27)23-39-41(35,36)29-17-13-25(2)14-18-29/h4-18H,19-23H2,1-3H3/b8-7+/t31-,40+/m0/s1. The minimum absolute atomic E-state index is 0.00281. The number of benzene rings is 3. The van der Waals surface area contributed by atoms with E-state index in [1.165, 1.54) is 31.2 Å². The van der Waals surface area contributed by atoms with E-state index in [-0.39, 0.29) is 23.7 Å². The molecule has 0 fully saturated rings. The third-order valence-electron chi connectivity index (χ3n) is 6.05. The van der Waals surface area contributed by atoms with Gasteiger partial charge in [0.2, 0.25) is 0 Å². The molecule has 0 aliphatic heterocycles. The third kappa shape index (κ3) is 10.5. The summed E-state index contributed by atoms with van der Waals surface area (Å²) in [6.45, 7) is 4.25. The maximum absolute atomic E-state index is 13.0. The molecule has 0 bridgehead atoms. The van der Waals surface area contributed by atoms with E-state index in [0.717, 1.165) is 16.7 Å². The van der Waals surface area contributed by atoms with Crippen molar-refractivity contribution >= 4 is 32.7 Å². The second-order valence-corrected chi connectivity index (χ2v) is 12.7. The van der Waals surface area contributed by atoms with Crippen molar-refractivity contribution in [3.8, 4) is 0 Å². The summed E-state index contributed by atoms with van der Waals surface area (Å²) in [6, 6.07) is 22.3. The fourth-order valence-corrected chi connectivity index (χ4v) is 5.52. The zero-order valence-corrected chi connectivity index (χ0v) is 24.9. The number of allylic oxidation sites excluding steroid dienone is 1. The van der Waals surface area contributed by atoms with Gasteiger partial charge in [-0.3, -0.25) is 18.0 Å². The predicted molar refractivity (Wildman–Crippen MR) is 156 cm³/mol. The van der Waals surface area contributed by atoms with Crippen LogP contribution in [-0.4, -0.2) is 48.9 Å². The molecule has 2 atom stereocenters. The molecule has 0 unspecified atom stereocenters. The second kappa shape index (κ2) is 15.0. The Hall–Kier alpha value is -3.44. The predicted octanol–water partition coefficient (Wildman–Crippen LogP) is 4.85. The highest BCUT2D eigenvalue weighted by Crippen LogP contribution is 2.25. The van der Waals surface area contributed by atoms with Crippen molar-refractivity contribution in [2.24, 2.45) is 0 Å². The van der Waals surface area contributed by atoms with Crippen LogP contribution in [0.1, 0.15) is 30.0 Å². The van der Waals surface area contributed by atoms with Gasteiger partial charge in [0.15, 0.2) is 5.78 Å². The van der Waals surface area contributed by atoms with Crippen LogP contribution in [0.5, 0.6) is 0 Å². The summed E-state index contributed by atoms with van der Waals surface area (Å²) in [5.74, 6) is -1.38. The van der Waals surface area contributed by atoms with Gasteiger partial charge in [-0.25, -0.2) is 0 Å². The molecule has 0 spiro atoms. The lowest BCUT2D eigenvalue weighted by Gasteiger charge is -2.32. The maximum atomic E-state index is 13.0. The van der Waals surface area contributed by atoms with Gasteiger partial charge in [0, 0.05) is 11.3 Å². The van der Waals surface area contributed by atoms with Crippen LogP contribution in [0.3, 0.4) is 0 Å². The fourth-order valence-electron chi connectivity index (χ4n) is 3.64. The van der Waals surface area contributed by atoms with Crippen molar-refractivity contribution in [2.45, 2.75) is 49.2 Å². The Morgan fingerprint density at radius 1 is 0.878 bits per heavy atom. The molecule has 0 saturated heterocycles. The highest BCUT2D eigenvalue weighted by atomic mass is 32.2. The van der Waals surface area contributed by atoms with E-state index in [2.05, 4.69) is 0 Å². The van der Waals surface area contributed by atoms with Crippen molar-refractivity contribution in [3.05, 3.63) is 108 Å². The number of carbonyl (C=O) groups excluding carboxylic acids is 2. The maximum Gasteiger partial charge on any atom is 0.319 e. The van der Waals surface area contributed by atoms with Gasteiger partial charge >= 0.3 is 5.97 Å². The quantitative estimate of drug-likeness (QED) is 0.139. The number of hydrogen-bond acceptors (Lipinski definition) is 8.